The largest absolute Gasteiger partial charge is 0.506 e. The molecule has 0 saturated heterocycles. The van der Waals surface area contributed by atoms with Crippen molar-refractivity contribution in [2.24, 2.45) is 5.73 Å². The van der Waals surface area contributed by atoms with Crippen molar-refractivity contribution in [3.8, 4) is 5.75 Å². The van der Waals surface area contributed by atoms with Crippen LogP contribution in [0.5, 0.6) is 5.75 Å². The lowest BCUT2D eigenvalue weighted by Crippen LogP contribution is -2.05. The van der Waals surface area contributed by atoms with E-state index in [0.717, 1.165) is 17.5 Å². The first-order valence-corrected chi connectivity index (χ1v) is 4.56. The SMILES string of the molecule is Br.NCCc1ccc(O)c2c1CC(=O)N2. The number of benzene rings is 1. The number of hydrogen-bond acceptors (Lipinski definition) is 3. The summed E-state index contributed by atoms with van der Waals surface area (Å²) in [4.78, 5) is 11.2. The van der Waals surface area contributed by atoms with Gasteiger partial charge in [-0.1, -0.05) is 6.07 Å². The van der Waals surface area contributed by atoms with Crippen molar-refractivity contribution < 1.29 is 9.90 Å². The summed E-state index contributed by atoms with van der Waals surface area (Å²) in [7, 11) is 0. The van der Waals surface area contributed by atoms with Crippen LogP contribution in [0.2, 0.25) is 0 Å². The molecule has 0 bridgehead atoms. The van der Waals surface area contributed by atoms with E-state index in [1.54, 1.807) is 6.07 Å². The van der Waals surface area contributed by atoms with E-state index in [0.29, 0.717) is 18.7 Å². The first-order valence-electron chi connectivity index (χ1n) is 4.56. The Bertz CT molecular complexity index is 393. The second-order valence-electron chi connectivity index (χ2n) is 3.36. The van der Waals surface area contributed by atoms with Gasteiger partial charge >= 0.3 is 0 Å². The summed E-state index contributed by atoms with van der Waals surface area (Å²) in [5, 5.41) is 12.1. The maximum Gasteiger partial charge on any atom is 0.228 e. The quantitative estimate of drug-likeness (QED) is 0.703. The van der Waals surface area contributed by atoms with Crippen LogP contribution in [-0.4, -0.2) is 17.6 Å². The van der Waals surface area contributed by atoms with Crippen LogP contribution in [0.4, 0.5) is 5.69 Å². The summed E-state index contributed by atoms with van der Waals surface area (Å²) in [6.45, 7) is 0.547. The summed E-state index contributed by atoms with van der Waals surface area (Å²) >= 11 is 0. The third-order valence-corrected chi connectivity index (χ3v) is 2.40. The average molecular weight is 273 g/mol. The van der Waals surface area contributed by atoms with Crippen LogP contribution >= 0.6 is 17.0 Å². The van der Waals surface area contributed by atoms with Gasteiger partial charge in [-0.3, -0.25) is 4.79 Å². The molecule has 82 valence electrons. The number of anilines is 1. The van der Waals surface area contributed by atoms with Gasteiger partial charge in [-0.05, 0) is 30.2 Å². The number of carbonyl (C=O) groups excluding carboxylic acids is 1. The molecule has 15 heavy (non-hydrogen) atoms. The molecule has 0 spiro atoms. The van der Waals surface area contributed by atoms with Crippen LogP contribution in [0.15, 0.2) is 12.1 Å². The molecule has 1 aliphatic heterocycles. The summed E-state index contributed by atoms with van der Waals surface area (Å²) in [6.07, 6.45) is 1.08. The topological polar surface area (TPSA) is 75.3 Å². The zero-order chi connectivity index (χ0) is 10.1. The van der Waals surface area contributed by atoms with Crippen LogP contribution in [0.1, 0.15) is 11.1 Å². The third-order valence-electron chi connectivity index (χ3n) is 2.40. The molecule has 4 N–H and O–H groups in total. The van der Waals surface area contributed by atoms with E-state index >= 15 is 0 Å². The van der Waals surface area contributed by atoms with Crippen LogP contribution in [0.3, 0.4) is 0 Å². The van der Waals surface area contributed by atoms with Crippen LogP contribution in [0.25, 0.3) is 0 Å². The molecular formula is C10H13BrN2O2. The highest BCUT2D eigenvalue weighted by molar-refractivity contribution is 8.93. The number of nitrogens with one attached hydrogen (secondary N) is 1. The Kier molecular flexibility index (Phi) is 3.71. The molecule has 0 unspecified atom stereocenters. The number of hydrogen-bond donors (Lipinski definition) is 3. The van der Waals surface area contributed by atoms with Crippen molar-refractivity contribution in [3.05, 3.63) is 23.3 Å². The maximum atomic E-state index is 11.2. The summed E-state index contributed by atoms with van der Waals surface area (Å²) < 4.78 is 0. The normalized spacial score (nSPS) is 13.0. The number of nitrogens with two attached hydrogens (primary N) is 1. The Balaban J connectivity index is 0.00000112. The fraction of sp³-hybridized carbons (Fsp3) is 0.300. The van der Waals surface area contributed by atoms with Crippen molar-refractivity contribution in [1.82, 2.24) is 0 Å². The van der Waals surface area contributed by atoms with Crippen molar-refractivity contribution >= 4 is 28.6 Å². The van der Waals surface area contributed by atoms with E-state index in [-0.39, 0.29) is 28.6 Å². The lowest BCUT2D eigenvalue weighted by Gasteiger charge is -2.07. The molecule has 0 aliphatic carbocycles. The van der Waals surface area contributed by atoms with Crippen LogP contribution < -0.4 is 11.1 Å². The number of phenolic OH excluding ortho intramolecular Hbond substituents is 1. The summed E-state index contributed by atoms with van der Waals surface area (Å²) in [5.41, 5.74) is 7.95. The second-order valence-corrected chi connectivity index (χ2v) is 3.36. The predicted octanol–water partition coefficient (Wildman–Crippen LogP) is 0.966. The van der Waals surface area contributed by atoms with Gasteiger partial charge in [0.05, 0.1) is 12.1 Å². The summed E-state index contributed by atoms with van der Waals surface area (Å²) in [6, 6.07) is 3.41. The van der Waals surface area contributed by atoms with Gasteiger partial charge in [0.25, 0.3) is 0 Å². The number of aromatic hydroxyl groups is 1. The first-order chi connectivity index (χ1) is 6.72. The lowest BCUT2D eigenvalue weighted by molar-refractivity contribution is -0.115. The van der Waals surface area contributed by atoms with E-state index < -0.39 is 0 Å². The van der Waals surface area contributed by atoms with Crippen molar-refractivity contribution in [3.63, 3.8) is 0 Å². The molecule has 1 amide bonds. The molecule has 2 rings (SSSR count). The molecule has 4 nitrogen and oxygen atoms in total. The van der Waals surface area contributed by atoms with E-state index in [1.807, 2.05) is 6.07 Å². The van der Waals surface area contributed by atoms with Gasteiger partial charge in [0.15, 0.2) is 0 Å². The Morgan fingerprint density at radius 3 is 2.87 bits per heavy atom. The number of carbonyl (C=O) groups is 1. The zero-order valence-corrected chi connectivity index (χ0v) is 9.83. The number of fused-ring (bicyclic) bond motifs is 1. The van der Waals surface area contributed by atoms with Gasteiger partial charge in [-0.15, -0.1) is 17.0 Å². The monoisotopic (exact) mass is 272 g/mol. The highest BCUT2D eigenvalue weighted by Gasteiger charge is 2.23. The van der Waals surface area contributed by atoms with Gasteiger partial charge in [0, 0.05) is 0 Å². The lowest BCUT2D eigenvalue weighted by atomic mass is 10.0. The number of halogens is 1. The first kappa shape index (κ1) is 12.0. The van der Waals surface area contributed by atoms with Gasteiger partial charge < -0.3 is 16.2 Å². The van der Waals surface area contributed by atoms with E-state index in [4.69, 9.17) is 5.73 Å². The van der Waals surface area contributed by atoms with Crippen molar-refractivity contribution in [1.29, 1.82) is 0 Å². The summed E-state index contributed by atoms with van der Waals surface area (Å²) in [5.74, 6) is 0.0615. The second kappa shape index (κ2) is 4.63. The maximum absolute atomic E-state index is 11.2. The standard InChI is InChI=1S/C10H12N2O2.BrH/c11-4-3-6-1-2-8(13)10-7(6)5-9(14)12-10;/h1-2,13H,3-5,11H2,(H,12,14);1H. The van der Waals surface area contributed by atoms with Crippen molar-refractivity contribution in [2.45, 2.75) is 12.8 Å². The molecule has 0 saturated carbocycles. The van der Waals surface area contributed by atoms with Crippen molar-refractivity contribution in [2.75, 3.05) is 11.9 Å². The van der Waals surface area contributed by atoms with Gasteiger partial charge in [0.2, 0.25) is 5.91 Å². The van der Waals surface area contributed by atoms with Crippen LogP contribution in [0, 0.1) is 0 Å². The fourth-order valence-corrected chi connectivity index (χ4v) is 1.75. The third kappa shape index (κ3) is 2.13. The molecule has 0 radical (unpaired) electrons. The minimum Gasteiger partial charge on any atom is -0.506 e. The van der Waals surface area contributed by atoms with Gasteiger partial charge in [-0.25, -0.2) is 0 Å². The zero-order valence-electron chi connectivity index (χ0n) is 8.12. The predicted molar refractivity (Wildman–Crippen MR) is 63.5 cm³/mol. The Hall–Kier alpha value is -1.07. The molecule has 0 fully saturated rings. The Labute approximate surface area is 98.2 Å². The van der Waals surface area contributed by atoms with Crippen LogP contribution in [-0.2, 0) is 17.6 Å². The Morgan fingerprint density at radius 2 is 2.20 bits per heavy atom. The molecule has 0 aromatic heterocycles. The minimum atomic E-state index is -0.0697. The number of rotatable bonds is 2. The van der Waals surface area contributed by atoms with E-state index in [9.17, 15) is 9.90 Å². The Morgan fingerprint density at radius 1 is 1.47 bits per heavy atom. The molecular weight excluding hydrogens is 260 g/mol. The molecule has 1 aromatic rings. The highest BCUT2D eigenvalue weighted by atomic mass is 79.9. The molecule has 1 heterocycles. The minimum absolute atomic E-state index is 0. The average Bonchev–Trinajstić information content (AvgIpc) is 2.53. The molecule has 0 atom stereocenters. The fourth-order valence-electron chi connectivity index (χ4n) is 1.75. The smallest absolute Gasteiger partial charge is 0.228 e. The van der Waals surface area contributed by atoms with E-state index in [1.165, 1.54) is 0 Å². The van der Waals surface area contributed by atoms with E-state index in [2.05, 4.69) is 5.32 Å². The number of phenols is 1. The highest BCUT2D eigenvalue weighted by Crippen LogP contribution is 2.34. The molecule has 5 heteroatoms. The molecule has 1 aromatic carbocycles. The van der Waals surface area contributed by atoms with Gasteiger partial charge in [-0.2, -0.15) is 0 Å². The van der Waals surface area contributed by atoms with Gasteiger partial charge in [0.1, 0.15) is 5.75 Å². The number of amides is 1. The molecule has 1 aliphatic rings.